The molecule has 0 bridgehead atoms. The molecular formula is C12H15F4NO. The highest BCUT2D eigenvalue weighted by Crippen LogP contribution is 2.23. The van der Waals surface area contributed by atoms with E-state index in [9.17, 15) is 17.6 Å². The Kier molecular flexibility index (Phi) is 5.91. The van der Waals surface area contributed by atoms with Crippen LogP contribution in [0.2, 0.25) is 0 Å². The van der Waals surface area contributed by atoms with Crippen molar-refractivity contribution in [2.75, 3.05) is 6.54 Å². The second kappa shape index (κ2) is 7.20. The van der Waals surface area contributed by atoms with E-state index in [1.807, 2.05) is 6.92 Å². The molecule has 1 unspecified atom stereocenters. The quantitative estimate of drug-likeness (QED) is 0.761. The third-order valence-electron chi connectivity index (χ3n) is 2.33. The van der Waals surface area contributed by atoms with E-state index in [1.165, 1.54) is 24.3 Å². The molecule has 0 radical (unpaired) electrons. The van der Waals surface area contributed by atoms with E-state index >= 15 is 0 Å². The zero-order chi connectivity index (χ0) is 13.5. The van der Waals surface area contributed by atoms with Gasteiger partial charge in [-0.15, -0.1) is 0 Å². The Balaban J connectivity index is 2.73. The van der Waals surface area contributed by atoms with Gasteiger partial charge in [-0.05, 0) is 30.7 Å². The van der Waals surface area contributed by atoms with E-state index in [-0.39, 0.29) is 5.75 Å². The molecule has 1 N–H and O–H groups in total. The number of alkyl halides is 4. The molecule has 0 aliphatic rings. The smallest absolute Gasteiger partial charge is 0.387 e. The van der Waals surface area contributed by atoms with Gasteiger partial charge in [-0.1, -0.05) is 19.1 Å². The van der Waals surface area contributed by atoms with Crippen molar-refractivity contribution >= 4 is 0 Å². The van der Waals surface area contributed by atoms with Gasteiger partial charge in [0.05, 0.1) is 6.04 Å². The normalized spacial score (nSPS) is 13.1. The van der Waals surface area contributed by atoms with Gasteiger partial charge in [0.15, 0.2) is 0 Å². The summed E-state index contributed by atoms with van der Waals surface area (Å²) in [7, 11) is 0. The summed E-state index contributed by atoms with van der Waals surface area (Å²) in [4.78, 5) is 0. The highest BCUT2D eigenvalue weighted by Gasteiger charge is 2.21. The first-order valence-corrected chi connectivity index (χ1v) is 5.61. The molecule has 6 heteroatoms. The summed E-state index contributed by atoms with van der Waals surface area (Å²) < 4.78 is 53.6. The molecule has 1 aromatic rings. The maximum Gasteiger partial charge on any atom is 0.387 e. The van der Waals surface area contributed by atoms with Crippen LogP contribution in [0.25, 0.3) is 0 Å². The number of rotatable bonds is 7. The zero-order valence-corrected chi connectivity index (χ0v) is 9.88. The van der Waals surface area contributed by atoms with Crippen LogP contribution in [0, 0.1) is 0 Å². The average Bonchev–Trinajstić information content (AvgIpc) is 2.30. The topological polar surface area (TPSA) is 21.3 Å². The number of ether oxygens (including phenoxy) is 1. The fourth-order valence-corrected chi connectivity index (χ4v) is 1.51. The van der Waals surface area contributed by atoms with Crippen LogP contribution in [-0.4, -0.2) is 19.6 Å². The van der Waals surface area contributed by atoms with Gasteiger partial charge in [0.2, 0.25) is 0 Å². The van der Waals surface area contributed by atoms with Gasteiger partial charge in [0.1, 0.15) is 5.75 Å². The van der Waals surface area contributed by atoms with Crippen LogP contribution in [0.15, 0.2) is 24.3 Å². The molecule has 0 fully saturated rings. The first-order valence-electron chi connectivity index (χ1n) is 5.61. The van der Waals surface area contributed by atoms with Crippen LogP contribution in [0.5, 0.6) is 5.75 Å². The standard InChI is InChI=1S/C12H15F4NO/c1-2-7-17-10(11(13)14)8-3-5-9(6-4-8)18-12(15)16/h3-6,10-12,17H,2,7H2,1H3. The minimum atomic E-state index is -2.92. The first kappa shape index (κ1) is 14.8. The number of hydrogen-bond donors (Lipinski definition) is 1. The van der Waals surface area contributed by atoms with Crippen LogP contribution in [0.4, 0.5) is 17.6 Å². The number of benzene rings is 1. The van der Waals surface area contributed by atoms with E-state index in [0.29, 0.717) is 12.1 Å². The molecule has 1 atom stereocenters. The van der Waals surface area contributed by atoms with Crippen molar-refractivity contribution in [3.63, 3.8) is 0 Å². The summed E-state index contributed by atoms with van der Waals surface area (Å²) in [6.45, 7) is -0.584. The van der Waals surface area contributed by atoms with Crippen molar-refractivity contribution in [3.8, 4) is 5.75 Å². The molecule has 0 spiro atoms. The van der Waals surface area contributed by atoms with E-state index in [2.05, 4.69) is 10.1 Å². The van der Waals surface area contributed by atoms with Crippen LogP contribution >= 0.6 is 0 Å². The Morgan fingerprint density at radius 3 is 2.17 bits per heavy atom. The molecule has 0 amide bonds. The number of hydrogen-bond acceptors (Lipinski definition) is 2. The molecule has 0 saturated carbocycles. The minimum absolute atomic E-state index is 0.0442. The molecule has 0 heterocycles. The monoisotopic (exact) mass is 265 g/mol. The van der Waals surface area contributed by atoms with Crippen molar-refractivity contribution in [2.24, 2.45) is 0 Å². The molecule has 0 aromatic heterocycles. The third kappa shape index (κ3) is 4.52. The summed E-state index contributed by atoms with van der Waals surface area (Å²) in [6, 6.07) is 4.13. The van der Waals surface area contributed by atoms with Crippen LogP contribution in [0.3, 0.4) is 0 Å². The van der Waals surface area contributed by atoms with E-state index in [1.54, 1.807) is 0 Å². The fourth-order valence-electron chi connectivity index (χ4n) is 1.51. The summed E-state index contributed by atoms with van der Waals surface area (Å²) in [6.07, 6.45) is -1.83. The maximum atomic E-state index is 12.8. The first-order chi connectivity index (χ1) is 8.54. The second-order valence-corrected chi connectivity index (χ2v) is 3.71. The van der Waals surface area contributed by atoms with Gasteiger partial charge in [0, 0.05) is 0 Å². The molecule has 18 heavy (non-hydrogen) atoms. The molecule has 0 aliphatic heterocycles. The van der Waals surface area contributed by atoms with Crippen LogP contribution in [-0.2, 0) is 0 Å². The van der Waals surface area contributed by atoms with Gasteiger partial charge in [0.25, 0.3) is 6.43 Å². The van der Waals surface area contributed by atoms with Crippen LogP contribution < -0.4 is 10.1 Å². The second-order valence-electron chi connectivity index (χ2n) is 3.71. The molecule has 102 valence electrons. The van der Waals surface area contributed by atoms with Crippen molar-refractivity contribution < 1.29 is 22.3 Å². The van der Waals surface area contributed by atoms with E-state index < -0.39 is 19.1 Å². The molecule has 1 aromatic carbocycles. The lowest BCUT2D eigenvalue weighted by atomic mass is 10.1. The molecule has 1 rings (SSSR count). The minimum Gasteiger partial charge on any atom is -0.435 e. The summed E-state index contributed by atoms with van der Waals surface area (Å²) in [5, 5.41) is 2.71. The largest absolute Gasteiger partial charge is 0.435 e. The molecule has 0 aliphatic carbocycles. The van der Waals surface area contributed by atoms with Gasteiger partial charge in [-0.2, -0.15) is 8.78 Å². The van der Waals surface area contributed by atoms with Crippen molar-refractivity contribution in [3.05, 3.63) is 29.8 Å². The number of nitrogens with one attached hydrogen (secondary N) is 1. The van der Waals surface area contributed by atoms with Gasteiger partial charge >= 0.3 is 6.61 Å². The fraction of sp³-hybridized carbons (Fsp3) is 0.500. The van der Waals surface area contributed by atoms with Crippen LogP contribution in [0.1, 0.15) is 24.9 Å². The molecule has 0 saturated heterocycles. The highest BCUT2D eigenvalue weighted by atomic mass is 19.3. The Morgan fingerprint density at radius 1 is 1.11 bits per heavy atom. The van der Waals surface area contributed by atoms with Gasteiger partial charge in [-0.25, -0.2) is 8.78 Å². The van der Waals surface area contributed by atoms with Gasteiger partial charge < -0.3 is 10.1 Å². The Morgan fingerprint density at radius 2 is 1.72 bits per heavy atom. The Hall–Kier alpha value is -1.30. The third-order valence-corrected chi connectivity index (χ3v) is 2.33. The Labute approximate surface area is 103 Å². The van der Waals surface area contributed by atoms with Crippen molar-refractivity contribution in [1.82, 2.24) is 5.32 Å². The average molecular weight is 265 g/mol. The zero-order valence-electron chi connectivity index (χ0n) is 9.88. The Bertz CT molecular complexity index is 342. The van der Waals surface area contributed by atoms with Crippen molar-refractivity contribution in [1.29, 1.82) is 0 Å². The SMILES string of the molecule is CCCNC(c1ccc(OC(F)F)cc1)C(F)F. The highest BCUT2D eigenvalue weighted by molar-refractivity contribution is 5.29. The molecular weight excluding hydrogens is 250 g/mol. The predicted octanol–water partition coefficient (Wildman–Crippen LogP) is 3.59. The maximum absolute atomic E-state index is 12.8. The lowest BCUT2D eigenvalue weighted by molar-refractivity contribution is -0.0498. The lowest BCUT2D eigenvalue weighted by Crippen LogP contribution is -2.27. The van der Waals surface area contributed by atoms with Crippen molar-refractivity contribution in [2.45, 2.75) is 32.4 Å². The molecule has 2 nitrogen and oxygen atoms in total. The lowest BCUT2D eigenvalue weighted by Gasteiger charge is -2.18. The van der Waals surface area contributed by atoms with E-state index in [4.69, 9.17) is 0 Å². The summed E-state index contributed by atoms with van der Waals surface area (Å²) in [5.74, 6) is -0.0442. The summed E-state index contributed by atoms with van der Waals surface area (Å²) >= 11 is 0. The van der Waals surface area contributed by atoms with Gasteiger partial charge in [-0.3, -0.25) is 0 Å². The van der Waals surface area contributed by atoms with E-state index in [0.717, 1.165) is 6.42 Å². The summed E-state index contributed by atoms with van der Waals surface area (Å²) in [5.41, 5.74) is 0.347. The number of halogens is 4. The predicted molar refractivity (Wildman–Crippen MR) is 60.1 cm³/mol.